The number of nitrogens with zero attached hydrogens (tertiary/aromatic N) is 2. The predicted octanol–water partition coefficient (Wildman–Crippen LogP) is 2.65. The van der Waals surface area contributed by atoms with Crippen molar-refractivity contribution >= 4 is 44.0 Å². The predicted molar refractivity (Wildman–Crippen MR) is 90.0 cm³/mol. The van der Waals surface area contributed by atoms with Gasteiger partial charge in [0.15, 0.2) is 0 Å². The van der Waals surface area contributed by atoms with Crippen molar-refractivity contribution in [3.63, 3.8) is 0 Å². The normalized spacial score (nSPS) is 11.0. The number of carbonyl (C=O) groups excluding carboxylic acids is 1. The molecular formula is C14H13Br2N3O3. The quantitative estimate of drug-likeness (QED) is 0.514. The fraction of sp³-hybridized carbons (Fsp3) is 0.143. The molecule has 0 aliphatic rings. The van der Waals surface area contributed by atoms with Gasteiger partial charge in [0, 0.05) is 24.5 Å². The van der Waals surface area contributed by atoms with Crippen LogP contribution in [0, 0.1) is 0 Å². The van der Waals surface area contributed by atoms with Crippen LogP contribution in [0.4, 0.5) is 0 Å². The Morgan fingerprint density at radius 3 is 2.77 bits per heavy atom. The lowest BCUT2D eigenvalue weighted by Gasteiger charge is -2.06. The van der Waals surface area contributed by atoms with Crippen molar-refractivity contribution in [1.29, 1.82) is 0 Å². The van der Waals surface area contributed by atoms with E-state index in [-0.39, 0.29) is 28.3 Å². The summed E-state index contributed by atoms with van der Waals surface area (Å²) in [7, 11) is 1.86. The van der Waals surface area contributed by atoms with E-state index in [0.29, 0.717) is 10.0 Å². The molecular weight excluding hydrogens is 418 g/mol. The summed E-state index contributed by atoms with van der Waals surface area (Å²) in [6.07, 6.45) is 3.36. The van der Waals surface area contributed by atoms with Crippen LogP contribution >= 0.6 is 31.9 Å². The third kappa shape index (κ3) is 3.69. The summed E-state index contributed by atoms with van der Waals surface area (Å²) in [5.41, 5.74) is 3.60. The van der Waals surface area contributed by atoms with Crippen molar-refractivity contribution in [2.45, 2.75) is 6.42 Å². The summed E-state index contributed by atoms with van der Waals surface area (Å²) in [4.78, 5) is 11.8. The number of amides is 1. The average molecular weight is 431 g/mol. The molecule has 2 rings (SSSR count). The lowest BCUT2D eigenvalue weighted by Crippen LogP contribution is -2.20. The summed E-state index contributed by atoms with van der Waals surface area (Å²) < 4.78 is 2.40. The molecule has 0 aliphatic heterocycles. The summed E-state index contributed by atoms with van der Waals surface area (Å²) in [5.74, 6) is -0.544. The molecule has 0 fully saturated rings. The minimum atomic E-state index is -0.269. The number of rotatable bonds is 4. The number of carbonyl (C=O) groups is 1. The Bertz CT molecular complexity index is 741. The van der Waals surface area contributed by atoms with Crippen LogP contribution in [0.5, 0.6) is 11.5 Å². The number of hydrogen-bond acceptors (Lipinski definition) is 4. The lowest BCUT2D eigenvalue weighted by atomic mass is 10.2. The van der Waals surface area contributed by atoms with E-state index in [0.717, 1.165) is 5.69 Å². The number of hydrazone groups is 1. The zero-order valence-corrected chi connectivity index (χ0v) is 14.7. The first-order valence-corrected chi connectivity index (χ1v) is 7.80. The van der Waals surface area contributed by atoms with Crippen molar-refractivity contribution < 1.29 is 15.0 Å². The van der Waals surface area contributed by atoms with Gasteiger partial charge in [-0.15, -0.1) is 0 Å². The number of hydrogen-bond donors (Lipinski definition) is 3. The van der Waals surface area contributed by atoms with E-state index < -0.39 is 0 Å². The van der Waals surface area contributed by atoms with Gasteiger partial charge in [-0.2, -0.15) is 5.10 Å². The number of aromatic nitrogens is 1. The summed E-state index contributed by atoms with van der Waals surface area (Å²) in [6, 6.07) is 5.20. The topological polar surface area (TPSA) is 86.9 Å². The van der Waals surface area contributed by atoms with Crippen LogP contribution < -0.4 is 5.43 Å². The van der Waals surface area contributed by atoms with Crippen molar-refractivity contribution in [3.05, 3.63) is 44.6 Å². The Labute approximate surface area is 143 Å². The number of aryl methyl sites for hydroxylation is 1. The third-order valence-electron chi connectivity index (χ3n) is 2.98. The van der Waals surface area contributed by atoms with E-state index in [4.69, 9.17) is 0 Å². The molecule has 0 bridgehead atoms. The highest BCUT2D eigenvalue weighted by atomic mass is 79.9. The minimum absolute atomic E-state index is 0.109. The van der Waals surface area contributed by atoms with Crippen LogP contribution in [0.1, 0.15) is 11.3 Å². The first-order chi connectivity index (χ1) is 10.4. The smallest absolute Gasteiger partial charge is 0.245 e. The van der Waals surface area contributed by atoms with Gasteiger partial charge in [-0.1, -0.05) is 0 Å². The van der Waals surface area contributed by atoms with E-state index >= 15 is 0 Å². The molecule has 0 spiro atoms. The standard InChI is InChI=1S/C14H13Br2N3O3/c1-19-4-2-3-9(19)6-11(20)18-17-7-8-5-10(15)14(22)12(16)13(8)21/h2-5,7,21-22H,6H2,1H3,(H,18,20)/b17-7+. The van der Waals surface area contributed by atoms with Gasteiger partial charge < -0.3 is 14.8 Å². The monoisotopic (exact) mass is 429 g/mol. The number of aromatic hydroxyl groups is 2. The van der Waals surface area contributed by atoms with Crippen LogP contribution in [0.2, 0.25) is 0 Å². The highest BCUT2D eigenvalue weighted by Gasteiger charge is 2.13. The number of nitrogens with one attached hydrogen (secondary N) is 1. The van der Waals surface area contributed by atoms with E-state index in [1.54, 1.807) is 0 Å². The highest BCUT2D eigenvalue weighted by molar-refractivity contribution is 9.11. The molecule has 0 aliphatic carbocycles. The van der Waals surface area contributed by atoms with Crippen molar-refractivity contribution in [2.75, 3.05) is 0 Å². The van der Waals surface area contributed by atoms with Gasteiger partial charge in [0.2, 0.25) is 5.91 Å². The zero-order chi connectivity index (χ0) is 16.3. The van der Waals surface area contributed by atoms with Crippen molar-refractivity contribution in [3.8, 4) is 11.5 Å². The molecule has 6 nitrogen and oxygen atoms in total. The Morgan fingerprint density at radius 1 is 1.41 bits per heavy atom. The van der Waals surface area contributed by atoms with Gasteiger partial charge in [-0.05, 0) is 50.1 Å². The van der Waals surface area contributed by atoms with E-state index in [1.165, 1.54) is 12.3 Å². The second-order valence-electron chi connectivity index (χ2n) is 4.54. The molecule has 3 N–H and O–H groups in total. The molecule has 1 heterocycles. The number of benzene rings is 1. The molecule has 0 saturated carbocycles. The van der Waals surface area contributed by atoms with Gasteiger partial charge in [0.1, 0.15) is 16.0 Å². The van der Waals surface area contributed by atoms with Gasteiger partial charge >= 0.3 is 0 Å². The average Bonchev–Trinajstić information content (AvgIpc) is 2.87. The van der Waals surface area contributed by atoms with Crippen molar-refractivity contribution in [1.82, 2.24) is 9.99 Å². The van der Waals surface area contributed by atoms with Crippen LogP contribution in [0.15, 0.2) is 38.4 Å². The molecule has 8 heteroatoms. The SMILES string of the molecule is Cn1cccc1CC(=O)N/N=C/c1cc(Br)c(O)c(Br)c1O. The summed E-state index contributed by atoms with van der Waals surface area (Å²) >= 11 is 6.22. The molecule has 1 aromatic carbocycles. The molecule has 0 saturated heterocycles. The van der Waals surface area contributed by atoms with Gasteiger partial charge in [0.05, 0.1) is 17.1 Å². The number of phenolic OH excluding ortho intramolecular Hbond substituents is 2. The van der Waals surface area contributed by atoms with Gasteiger partial charge in [-0.25, -0.2) is 5.43 Å². The summed E-state index contributed by atoms with van der Waals surface area (Å²) in [6.45, 7) is 0. The largest absolute Gasteiger partial charge is 0.506 e. The molecule has 0 atom stereocenters. The first-order valence-electron chi connectivity index (χ1n) is 6.22. The molecule has 1 aromatic heterocycles. The van der Waals surface area contributed by atoms with Crippen LogP contribution in [-0.2, 0) is 18.3 Å². The molecule has 22 heavy (non-hydrogen) atoms. The second-order valence-corrected chi connectivity index (χ2v) is 6.19. The Balaban J connectivity index is 2.04. The third-order valence-corrected chi connectivity index (χ3v) is 4.34. The fourth-order valence-corrected chi connectivity index (χ4v) is 2.93. The molecule has 0 unspecified atom stereocenters. The maximum absolute atomic E-state index is 11.8. The van der Waals surface area contributed by atoms with Crippen LogP contribution in [0.25, 0.3) is 0 Å². The second kappa shape index (κ2) is 6.97. The summed E-state index contributed by atoms with van der Waals surface area (Å²) in [5, 5.41) is 23.3. The minimum Gasteiger partial charge on any atom is -0.506 e. The Morgan fingerprint density at radius 2 is 2.14 bits per heavy atom. The maximum atomic E-state index is 11.8. The highest BCUT2D eigenvalue weighted by Crippen LogP contribution is 2.40. The first kappa shape index (κ1) is 16.6. The zero-order valence-electron chi connectivity index (χ0n) is 11.5. The maximum Gasteiger partial charge on any atom is 0.245 e. The molecule has 116 valence electrons. The lowest BCUT2D eigenvalue weighted by molar-refractivity contribution is -0.120. The van der Waals surface area contributed by atoms with E-state index in [1.807, 2.05) is 29.9 Å². The van der Waals surface area contributed by atoms with Crippen molar-refractivity contribution in [2.24, 2.45) is 12.1 Å². The Hall–Kier alpha value is -1.80. The van der Waals surface area contributed by atoms with E-state index in [9.17, 15) is 15.0 Å². The van der Waals surface area contributed by atoms with E-state index in [2.05, 4.69) is 42.4 Å². The Kier molecular flexibility index (Phi) is 5.25. The molecule has 2 aromatic rings. The fourth-order valence-electron chi connectivity index (χ4n) is 1.77. The van der Waals surface area contributed by atoms with Crippen LogP contribution in [0.3, 0.4) is 0 Å². The number of phenols is 2. The van der Waals surface area contributed by atoms with Crippen LogP contribution in [-0.4, -0.2) is 26.9 Å². The van der Waals surface area contributed by atoms with Gasteiger partial charge in [-0.3, -0.25) is 4.79 Å². The van der Waals surface area contributed by atoms with Gasteiger partial charge in [0.25, 0.3) is 0 Å². The molecule has 1 amide bonds. The number of halogens is 2. The molecule has 0 radical (unpaired) electrons.